The van der Waals surface area contributed by atoms with Crippen molar-refractivity contribution in [2.24, 2.45) is 0 Å². The van der Waals surface area contributed by atoms with Gasteiger partial charge >= 0.3 is 0 Å². The summed E-state index contributed by atoms with van der Waals surface area (Å²) in [5, 5.41) is 9.49. The van der Waals surface area contributed by atoms with Crippen molar-refractivity contribution in [3.63, 3.8) is 0 Å². The highest BCUT2D eigenvalue weighted by Crippen LogP contribution is 2.24. The van der Waals surface area contributed by atoms with Crippen molar-refractivity contribution in [2.45, 2.75) is 32.3 Å². The van der Waals surface area contributed by atoms with E-state index in [1.54, 1.807) is 13.1 Å². The number of nitrogens with zero attached hydrogens (tertiary/aromatic N) is 1. The minimum absolute atomic E-state index is 0.263. The van der Waals surface area contributed by atoms with Crippen LogP contribution in [0.1, 0.15) is 26.5 Å². The Kier molecular flexibility index (Phi) is 2.48. The largest absolute Gasteiger partial charge is 0.392 e. The number of aliphatic hydroxyl groups is 1. The molecule has 1 unspecified atom stereocenters. The molecule has 1 N–H and O–H groups in total. The average molecular weight is 165 g/mol. The molecule has 0 aliphatic heterocycles. The van der Waals surface area contributed by atoms with Gasteiger partial charge in [-0.25, -0.2) is 0 Å². The van der Waals surface area contributed by atoms with Crippen LogP contribution in [0, 0.1) is 0 Å². The van der Waals surface area contributed by atoms with Crippen LogP contribution in [0.15, 0.2) is 24.4 Å². The average Bonchev–Trinajstić information content (AvgIpc) is 2.06. The minimum Gasteiger partial charge on any atom is -0.392 e. The van der Waals surface area contributed by atoms with Crippen LogP contribution in [0.3, 0.4) is 0 Å². The predicted molar refractivity (Wildman–Crippen MR) is 48.9 cm³/mol. The summed E-state index contributed by atoms with van der Waals surface area (Å²) < 4.78 is 0. The molecule has 0 bridgehead atoms. The van der Waals surface area contributed by atoms with Gasteiger partial charge in [0.15, 0.2) is 0 Å². The first-order valence-electron chi connectivity index (χ1n) is 4.14. The van der Waals surface area contributed by atoms with Crippen molar-refractivity contribution >= 4 is 0 Å². The van der Waals surface area contributed by atoms with E-state index in [1.165, 1.54) is 0 Å². The van der Waals surface area contributed by atoms with Crippen LogP contribution in [-0.2, 0) is 5.41 Å². The Labute approximate surface area is 73.3 Å². The van der Waals surface area contributed by atoms with Crippen LogP contribution < -0.4 is 0 Å². The number of rotatable bonds is 2. The van der Waals surface area contributed by atoms with E-state index in [9.17, 15) is 5.11 Å². The maximum Gasteiger partial charge on any atom is 0.0618 e. The molecule has 12 heavy (non-hydrogen) atoms. The second kappa shape index (κ2) is 3.23. The smallest absolute Gasteiger partial charge is 0.0618 e. The highest BCUT2D eigenvalue weighted by atomic mass is 16.3. The zero-order valence-corrected chi connectivity index (χ0v) is 7.78. The second-order valence-electron chi connectivity index (χ2n) is 3.61. The van der Waals surface area contributed by atoms with Gasteiger partial charge in [0.1, 0.15) is 0 Å². The molecule has 1 rings (SSSR count). The number of aromatic nitrogens is 1. The number of hydrogen-bond donors (Lipinski definition) is 1. The van der Waals surface area contributed by atoms with Crippen LogP contribution in [0.5, 0.6) is 0 Å². The zero-order chi connectivity index (χ0) is 9.19. The molecule has 1 aromatic rings. The maximum absolute atomic E-state index is 9.49. The molecule has 0 aliphatic rings. The van der Waals surface area contributed by atoms with Crippen molar-refractivity contribution in [2.75, 3.05) is 0 Å². The third-order valence-corrected chi connectivity index (χ3v) is 2.37. The fourth-order valence-electron chi connectivity index (χ4n) is 0.958. The molecule has 0 fully saturated rings. The van der Waals surface area contributed by atoms with E-state index < -0.39 is 0 Å². The quantitative estimate of drug-likeness (QED) is 0.724. The summed E-state index contributed by atoms with van der Waals surface area (Å²) in [6.07, 6.45) is 1.37. The lowest BCUT2D eigenvalue weighted by atomic mass is 9.83. The first-order valence-corrected chi connectivity index (χ1v) is 4.14. The van der Waals surface area contributed by atoms with Gasteiger partial charge < -0.3 is 5.11 Å². The monoisotopic (exact) mass is 165 g/mol. The summed E-state index contributed by atoms with van der Waals surface area (Å²) in [4.78, 5) is 4.21. The standard InChI is InChI=1S/C10H15NO/c1-8(12)10(2,3)9-6-4-5-7-11-9/h4-8,12H,1-3H3. The molecule has 2 nitrogen and oxygen atoms in total. The summed E-state index contributed by atoms with van der Waals surface area (Å²) >= 11 is 0. The Hall–Kier alpha value is -0.890. The fourth-order valence-corrected chi connectivity index (χ4v) is 0.958. The SMILES string of the molecule is CC(O)C(C)(C)c1ccccn1. The molecule has 0 aromatic carbocycles. The first-order chi connectivity index (χ1) is 5.55. The van der Waals surface area contributed by atoms with Crippen LogP contribution in [0.4, 0.5) is 0 Å². The number of hydrogen-bond acceptors (Lipinski definition) is 2. The molecule has 0 amide bonds. The molecule has 66 valence electrons. The van der Waals surface area contributed by atoms with Gasteiger partial charge in [0, 0.05) is 17.3 Å². The van der Waals surface area contributed by atoms with Gasteiger partial charge in [-0.15, -0.1) is 0 Å². The van der Waals surface area contributed by atoms with Crippen LogP contribution in [0.2, 0.25) is 0 Å². The Balaban J connectivity index is 2.98. The van der Waals surface area contributed by atoms with Gasteiger partial charge in [0.2, 0.25) is 0 Å². The van der Waals surface area contributed by atoms with E-state index in [0.717, 1.165) is 5.69 Å². The van der Waals surface area contributed by atoms with Gasteiger partial charge in [0.05, 0.1) is 6.10 Å². The summed E-state index contributed by atoms with van der Waals surface area (Å²) in [5.41, 5.74) is 0.668. The molecule has 0 saturated carbocycles. The Morgan fingerprint density at radius 1 is 1.42 bits per heavy atom. The summed E-state index contributed by atoms with van der Waals surface area (Å²) in [7, 11) is 0. The molecule has 1 aromatic heterocycles. The first kappa shape index (κ1) is 9.20. The predicted octanol–water partition coefficient (Wildman–Crippen LogP) is 1.74. The Morgan fingerprint density at radius 2 is 2.08 bits per heavy atom. The van der Waals surface area contributed by atoms with Crippen LogP contribution in [-0.4, -0.2) is 16.2 Å². The van der Waals surface area contributed by atoms with Crippen LogP contribution in [0.25, 0.3) is 0 Å². The molecule has 0 spiro atoms. The van der Waals surface area contributed by atoms with Gasteiger partial charge in [0.25, 0.3) is 0 Å². The van der Waals surface area contributed by atoms with E-state index in [1.807, 2.05) is 32.0 Å². The molecule has 0 saturated heterocycles. The highest BCUT2D eigenvalue weighted by Gasteiger charge is 2.27. The van der Waals surface area contributed by atoms with Crippen LogP contribution >= 0.6 is 0 Å². The molecule has 1 atom stereocenters. The topological polar surface area (TPSA) is 33.1 Å². The normalized spacial score (nSPS) is 14.3. The molecule has 2 heteroatoms. The highest BCUT2D eigenvalue weighted by molar-refractivity contribution is 5.15. The molecular weight excluding hydrogens is 150 g/mol. The third kappa shape index (κ3) is 1.64. The van der Waals surface area contributed by atoms with E-state index >= 15 is 0 Å². The van der Waals surface area contributed by atoms with E-state index in [-0.39, 0.29) is 11.5 Å². The lowest BCUT2D eigenvalue weighted by Crippen LogP contribution is -2.31. The van der Waals surface area contributed by atoms with Gasteiger partial charge in [-0.3, -0.25) is 4.98 Å². The maximum atomic E-state index is 9.49. The Bertz CT molecular complexity index is 241. The van der Waals surface area contributed by atoms with Crippen molar-refractivity contribution in [3.8, 4) is 0 Å². The van der Waals surface area contributed by atoms with Crippen molar-refractivity contribution in [1.82, 2.24) is 4.98 Å². The van der Waals surface area contributed by atoms with Crippen molar-refractivity contribution in [3.05, 3.63) is 30.1 Å². The number of aliphatic hydroxyl groups excluding tert-OH is 1. The summed E-state index contributed by atoms with van der Waals surface area (Å²) in [6.45, 7) is 5.76. The van der Waals surface area contributed by atoms with Gasteiger partial charge in [-0.1, -0.05) is 19.9 Å². The minimum atomic E-state index is -0.382. The van der Waals surface area contributed by atoms with Crippen molar-refractivity contribution < 1.29 is 5.11 Å². The molecule has 0 radical (unpaired) electrons. The van der Waals surface area contributed by atoms with E-state index in [2.05, 4.69) is 4.98 Å². The third-order valence-electron chi connectivity index (χ3n) is 2.37. The zero-order valence-electron chi connectivity index (χ0n) is 7.78. The number of pyridine rings is 1. The lowest BCUT2D eigenvalue weighted by molar-refractivity contribution is 0.115. The van der Waals surface area contributed by atoms with Gasteiger partial charge in [-0.05, 0) is 19.1 Å². The lowest BCUT2D eigenvalue weighted by Gasteiger charge is -2.26. The second-order valence-corrected chi connectivity index (χ2v) is 3.61. The molecule has 1 heterocycles. The summed E-state index contributed by atoms with van der Waals surface area (Å²) in [5.74, 6) is 0. The van der Waals surface area contributed by atoms with E-state index in [0.29, 0.717) is 0 Å². The van der Waals surface area contributed by atoms with Gasteiger partial charge in [-0.2, -0.15) is 0 Å². The molecular formula is C10H15NO. The molecule has 0 aliphatic carbocycles. The van der Waals surface area contributed by atoms with E-state index in [4.69, 9.17) is 0 Å². The van der Waals surface area contributed by atoms with Crippen molar-refractivity contribution in [1.29, 1.82) is 0 Å². The fraction of sp³-hybridized carbons (Fsp3) is 0.500. The Morgan fingerprint density at radius 3 is 2.50 bits per heavy atom. The summed E-state index contributed by atoms with van der Waals surface area (Å²) in [6, 6.07) is 5.75.